The van der Waals surface area contributed by atoms with Gasteiger partial charge in [-0.2, -0.15) is 0 Å². The van der Waals surface area contributed by atoms with Crippen molar-refractivity contribution in [1.29, 1.82) is 0 Å². The van der Waals surface area contributed by atoms with Crippen LogP contribution in [0.4, 0.5) is 0 Å². The van der Waals surface area contributed by atoms with Crippen LogP contribution in [0, 0.1) is 5.92 Å². The Morgan fingerprint density at radius 3 is 2.71 bits per heavy atom. The zero-order chi connectivity index (χ0) is 9.97. The number of ether oxygens (including phenoxy) is 2. The van der Waals surface area contributed by atoms with Gasteiger partial charge in [-0.1, -0.05) is 28.9 Å². The van der Waals surface area contributed by atoms with Gasteiger partial charge in [-0.15, -0.1) is 0 Å². The molecular weight excluding hydrogens is 244 g/mol. The van der Waals surface area contributed by atoms with Crippen LogP contribution < -0.4 is 9.47 Å². The Kier molecular flexibility index (Phi) is 2.96. The number of alkyl halides is 1. The van der Waals surface area contributed by atoms with Gasteiger partial charge in [0.1, 0.15) is 0 Å². The summed E-state index contributed by atoms with van der Waals surface area (Å²) in [7, 11) is 0. The quantitative estimate of drug-likeness (QED) is 0.720. The summed E-state index contributed by atoms with van der Waals surface area (Å²) in [5.41, 5.74) is 1.21. The standard InChI is InChI=1S/C11H13BrO2/c1-8-6-13-10-3-2-9(5-12)4-11(10)14-7-8/h2-4,8H,5-7H2,1H3. The maximum atomic E-state index is 5.66. The number of hydrogen-bond acceptors (Lipinski definition) is 2. The lowest BCUT2D eigenvalue weighted by atomic mass is 10.2. The van der Waals surface area contributed by atoms with Crippen LogP contribution in [0.3, 0.4) is 0 Å². The van der Waals surface area contributed by atoms with E-state index in [1.54, 1.807) is 0 Å². The molecule has 14 heavy (non-hydrogen) atoms. The highest BCUT2D eigenvalue weighted by atomic mass is 79.9. The van der Waals surface area contributed by atoms with Crippen molar-refractivity contribution < 1.29 is 9.47 Å². The lowest BCUT2D eigenvalue weighted by molar-refractivity contribution is 0.228. The Morgan fingerprint density at radius 1 is 1.29 bits per heavy atom. The van der Waals surface area contributed by atoms with E-state index in [9.17, 15) is 0 Å². The van der Waals surface area contributed by atoms with Crippen LogP contribution >= 0.6 is 15.9 Å². The largest absolute Gasteiger partial charge is 0.489 e. The molecule has 0 aromatic heterocycles. The van der Waals surface area contributed by atoms with E-state index in [1.165, 1.54) is 5.56 Å². The van der Waals surface area contributed by atoms with E-state index >= 15 is 0 Å². The Labute approximate surface area is 92.3 Å². The summed E-state index contributed by atoms with van der Waals surface area (Å²) >= 11 is 3.42. The molecule has 0 aliphatic carbocycles. The molecule has 1 unspecified atom stereocenters. The average Bonchev–Trinajstić information content (AvgIpc) is 2.40. The number of fused-ring (bicyclic) bond motifs is 1. The first-order valence-electron chi connectivity index (χ1n) is 4.74. The smallest absolute Gasteiger partial charge is 0.161 e. The van der Waals surface area contributed by atoms with Crippen LogP contribution in [-0.2, 0) is 5.33 Å². The third-order valence-corrected chi connectivity index (χ3v) is 2.86. The van der Waals surface area contributed by atoms with Crippen molar-refractivity contribution >= 4 is 15.9 Å². The van der Waals surface area contributed by atoms with E-state index in [-0.39, 0.29) is 0 Å². The Bertz CT molecular complexity index is 325. The SMILES string of the molecule is CC1COc2ccc(CBr)cc2OC1. The Morgan fingerprint density at radius 2 is 2.00 bits per heavy atom. The predicted molar refractivity (Wildman–Crippen MR) is 59.2 cm³/mol. The van der Waals surface area contributed by atoms with Crippen LogP contribution in [-0.4, -0.2) is 13.2 Å². The summed E-state index contributed by atoms with van der Waals surface area (Å²) in [5, 5.41) is 0.846. The number of halogens is 1. The van der Waals surface area contributed by atoms with Crippen LogP contribution in [0.15, 0.2) is 18.2 Å². The van der Waals surface area contributed by atoms with Gasteiger partial charge in [0.25, 0.3) is 0 Å². The van der Waals surface area contributed by atoms with Gasteiger partial charge in [0.2, 0.25) is 0 Å². The topological polar surface area (TPSA) is 18.5 Å². The van der Waals surface area contributed by atoms with E-state index in [0.29, 0.717) is 5.92 Å². The highest BCUT2D eigenvalue weighted by molar-refractivity contribution is 9.08. The maximum Gasteiger partial charge on any atom is 0.161 e. The second-order valence-corrected chi connectivity index (χ2v) is 4.20. The number of benzene rings is 1. The molecule has 1 aromatic carbocycles. The molecule has 1 heterocycles. The predicted octanol–water partition coefficient (Wildman–Crippen LogP) is 2.99. The molecule has 1 aromatic rings. The highest BCUT2D eigenvalue weighted by Crippen LogP contribution is 2.31. The molecule has 2 nitrogen and oxygen atoms in total. The lowest BCUT2D eigenvalue weighted by Crippen LogP contribution is -2.12. The molecule has 3 heteroatoms. The molecule has 0 saturated carbocycles. The summed E-state index contributed by atoms with van der Waals surface area (Å²) in [6.45, 7) is 3.59. The summed E-state index contributed by atoms with van der Waals surface area (Å²) in [6, 6.07) is 6.05. The fraction of sp³-hybridized carbons (Fsp3) is 0.455. The van der Waals surface area contributed by atoms with Gasteiger partial charge in [0, 0.05) is 11.2 Å². The first-order chi connectivity index (χ1) is 6.79. The monoisotopic (exact) mass is 256 g/mol. The van der Waals surface area contributed by atoms with Gasteiger partial charge in [-0.25, -0.2) is 0 Å². The van der Waals surface area contributed by atoms with Crippen molar-refractivity contribution in [2.45, 2.75) is 12.3 Å². The summed E-state index contributed by atoms with van der Waals surface area (Å²) in [6.07, 6.45) is 0. The van der Waals surface area contributed by atoms with E-state index in [0.717, 1.165) is 30.0 Å². The second kappa shape index (κ2) is 4.22. The number of rotatable bonds is 1. The minimum absolute atomic E-state index is 0.454. The summed E-state index contributed by atoms with van der Waals surface area (Å²) < 4.78 is 11.3. The first-order valence-corrected chi connectivity index (χ1v) is 5.86. The molecule has 1 aliphatic rings. The van der Waals surface area contributed by atoms with E-state index in [4.69, 9.17) is 9.47 Å². The normalized spacial score (nSPS) is 20.3. The van der Waals surface area contributed by atoms with Crippen molar-refractivity contribution in [2.75, 3.05) is 13.2 Å². The summed E-state index contributed by atoms with van der Waals surface area (Å²) in [4.78, 5) is 0. The fourth-order valence-corrected chi connectivity index (χ4v) is 1.73. The van der Waals surface area contributed by atoms with Gasteiger partial charge in [-0.3, -0.25) is 0 Å². The van der Waals surface area contributed by atoms with E-state index in [1.807, 2.05) is 18.2 Å². The molecule has 0 amide bonds. The Hall–Kier alpha value is -0.700. The van der Waals surface area contributed by atoms with Gasteiger partial charge in [0.15, 0.2) is 11.5 Å². The maximum absolute atomic E-state index is 5.66. The van der Waals surface area contributed by atoms with Crippen LogP contribution in [0.1, 0.15) is 12.5 Å². The Balaban J connectivity index is 2.27. The van der Waals surface area contributed by atoms with Crippen molar-refractivity contribution in [2.24, 2.45) is 5.92 Å². The van der Waals surface area contributed by atoms with E-state index < -0.39 is 0 Å². The van der Waals surface area contributed by atoms with Crippen LogP contribution in [0.2, 0.25) is 0 Å². The molecule has 1 atom stereocenters. The van der Waals surface area contributed by atoms with Gasteiger partial charge >= 0.3 is 0 Å². The van der Waals surface area contributed by atoms with Gasteiger partial charge in [0.05, 0.1) is 13.2 Å². The van der Waals surface area contributed by atoms with Crippen molar-refractivity contribution in [1.82, 2.24) is 0 Å². The van der Waals surface area contributed by atoms with Crippen molar-refractivity contribution in [3.63, 3.8) is 0 Å². The van der Waals surface area contributed by atoms with Crippen molar-refractivity contribution in [3.8, 4) is 11.5 Å². The minimum Gasteiger partial charge on any atom is -0.489 e. The third-order valence-electron chi connectivity index (χ3n) is 2.21. The minimum atomic E-state index is 0.454. The lowest BCUT2D eigenvalue weighted by Gasteiger charge is -2.07. The molecule has 0 saturated heterocycles. The molecule has 2 rings (SSSR count). The molecule has 0 radical (unpaired) electrons. The fourth-order valence-electron chi connectivity index (χ4n) is 1.38. The average molecular weight is 257 g/mol. The van der Waals surface area contributed by atoms with Gasteiger partial charge < -0.3 is 9.47 Å². The first kappa shape index (κ1) is 9.84. The van der Waals surface area contributed by atoms with Crippen molar-refractivity contribution in [3.05, 3.63) is 23.8 Å². The molecule has 1 aliphatic heterocycles. The second-order valence-electron chi connectivity index (χ2n) is 3.64. The highest BCUT2D eigenvalue weighted by Gasteiger charge is 2.14. The molecular formula is C11H13BrO2. The molecule has 0 bridgehead atoms. The van der Waals surface area contributed by atoms with Crippen LogP contribution in [0.25, 0.3) is 0 Å². The molecule has 0 N–H and O–H groups in total. The molecule has 0 fully saturated rings. The zero-order valence-electron chi connectivity index (χ0n) is 8.13. The summed E-state index contributed by atoms with van der Waals surface area (Å²) in [5.74, 6) is 2.18. The molecule has 76 valence electrons. The zero-order valence-corrected chi connectivity index (χ0v) is 9.71. The van der Waals surface area contributed by atoms with Crippen LogP contribution in [0.5, 0.6) is 11.5 Å². The van der Waals surface area contributed by atoms with Gasteiger partial charge in [-0.05, 0) is 17.7 Å². The third kappa shape index (κ3) is 2.03. The number of hydrogen-bond donors (Lipinski definition) is 0. The molecule has 0 spiro atoms. The van der Waals surface area contributed by atoms with E-state index in [2.05, 4.69) is 22.9 Å².